The predicted octanol–water partition coefficient (Wildman–Crippen LogP) is 3.26. The van der Waals surface area contributed by atoms with Gasteiger partial charge in [-0.05, 0) is 24.7 Å². The van der Waals surface area contributed by atoms with Gasteiger partial charge in [-0.15, -0.1) is 0 Å². The SMILES string of the molecule is CC(CN(C)Cc1ccc(Br)cc1Cl)C(=O)O. The van der Waals surface area contributed by atoms with Gasteiger partial charge < -0.3 is 10.0 Å². The molecule has 0 aliphatic carbocycles. The van der Waals surface area contributed by atoms with Gasteiger partial charge in [-0.3, -0.25) is 4.79 Å². The highest BCUT2D eigenvalue weighted by Crippen LogP contribution is 2.22. The van der Waals surface area contributed by atoms with Crippen LogP contribution in [0.15, 0.2) is 22.7 Å². The molecule has 0 radical (unpaired) electrons. The van der Waals surface area contributed by atoms with Crippen molar-refractivity contribution in [1.82, 2.24) is 4.90 Å². The number of hydrogen-bond donors (Lipinski definition) is 1. The summed E-state index contributed by atoms with van der Waals surface area (Å²) in [6.45, 7) is 2.84. The Labute approximate surface area is 115 Å². The van der Waals surface area contributed by atoms with Crippen LogP contribution in [0.25, 0.3) is 0 Å². The zero-order chi connectivity index (χ0) is 13.0. The molecule has 1 aromatic rings. The molecule has 0 saturated carbocycles. The standard InChI is InChI=1S/C12H15BrClNO2/c1-8(12(16)17)6-15(2)7-9-3-4-10(13)5-11(9)14/h3-5,8H,6-7H2,1-2H3,(H,16,17). The molecular weight excluding hydrogens is 305 g/mol. The van der Waals surface area contributed by atoms with Crippen molar-refractivity contribution in [3.05, 3.63) is 33.3 Å². The predicted molar refractivity (Wildman–Crippen MR) is 72.3 cm³/mol. The fourth-order valence-electron chi connectivity index (χ4n) is 1.55. The van der Waals surface area contributed by atoms with Gasteiger partial charge in [-0.25, -0.2) is 0 Å². The van der Waals surface area contributed by atoms with Crippen LogP contribution < -0.4 is 0 Å². The van der Waals surface area contributed by atoms with Gasteiger partial charge >= 0.3 is 5.97 Å². The largest absolute Gasteiger partial charge is 0.481 e. The Hall–Kier alpha value is -0.580. The minimum atomic E-state index is -0.779. The van der Waals surface area contributed by atoms with E-state index in [0.29, 0.717) is 18.1 Å². The number of hydrogen-bond acceptors (Lipinski definition) is 2. The topological polar surface area (TPSA) is 40.5 Å². The second-order valence-corrected chi connectivity index (χ2v) is 5.49. The van der Waals surface area contributed by atoms with Crippen molar-refractivity contribution >= 4 is 33.5 Å². The van der Waals surface area contributed by atoms with Gasteiger partial charge in [0, 0.05) is 22.6 Å². The molecule has 1 atom stereocenters. The number of carboxylic acids is 1. The Morgan fingerprint density at radius 3 is 2.76 bits per heavy atom. The zero-order valence-electron chi connectivity index (χ0n) is 9.78. The molecule has 3 nitrogen and oxygen atoms in total. The second-order valence-electron chi connectivity index (χ2n) is 4.17. The Kier molecular flexibility index (Phi) is 5.43. The third-order valence-corrected chi connectivity index (χ3v) is 3.31. The van der Waals surface area contributed by atoms with Crippen molar-refractivity contribution in [3.63, 3.8) is 0 Å². The van der Waals surface area contributed by atoms with Gasteiger partial charge in [-0.1, -0.05) is 40.5 Å². The summed E-state index contributed by atoms with van der Waals surface area (Å²) in [5.74, 6) is -1.16. The monoisotopic (exact) mass is 319 g/mol. The van der Waals surface area contributed by atoms with Crippen molar-refractivity contribution in [3.8, 4) is 0 Å². The van der Waals surface area contributed by atoms with E-state index >= 15 is 0 Å². The second kappa shape index (κ2) is 6.38. The van der Waals surface area contributed by atoms with Gasteiger partial charge in [0.15, 0.2) is 0 Å². The lowest BCUT2D eigenvalue weighted by atomic mass is 10.1. The highest BCUT2D eigenvalue weighted by atomic mass is 79.9. The van der Waals surface area contributed by atoms with Crippen molar-refractivity contribution < 1.29 is 9.90 Å². The molecule has 17 heavy (non-hydrogen) atoms. The van der Waals surface area contributed by atoms with E-state index in [1.165, 1.54) is 0 Å². The molecule has 0 aliphatic rings. The molecule has 5 heteroatoms. The first kappa shape index (κ1) is 14.5. The average Bonchev–Trinajstić information content (AvgIpc) is 2.22. The van der Waals surface area contributed by atoms with Crippen LogP contribution in [-0.2, 0) is 11.3 Å². The number of carbonyl (C=O) groups is 1. The molecular formula is C12H15BrClNO2. The Balaban J connectivity index is 2.62. The fraction of sp³-hybridized carbons (Fsp3) is 0.417. The number of rotatable bonds is 5. The molecule has 0 amide bonds. The molecule has 0 saturated heterocycles. The summed E-state index contributed by atoms with van der Waals surface area (Å²) in [7, 11) is 1.89. The Bertz CT molecular complexity index is 411. The van der Waals surface area contributed by atoms with E-state index in [2.05, 4.69) is 15.9 Å². The van der Waals surface area contributed by atoms with Crippen LogP contribution in [0.4, 0.5) is 0 Å². The highest BCUT2D eigenvalue weighted by Gasteiger charge is 2.14. The van der Waals surface area contributed by atoms with Crippen molar-refractivity contribution in [2.75, 3.05) is 13.6 Å². The molecule has 94 valence electrons. The zero-order valence-corrected chi connectivity index (χ0v) is 12.1. The maximum Gasteiger partial charge on any atom is 0.307 e. The average molecular weight is 321 g/mol. The minimum absolute atomic E-state index is 0.380. The Morgan fingerprint density at radius 1 is 1.59 bits per heavy atom. The molecule has 1 rings (SSSR count). The summed E-state index contributed by atoms with van der Waals surface area (Å²) in [5, 5.41) is 9.52. The number of halogens is 2. The van der Waals surface area contributed by atoms with E-state index in [9.17, 15) is 4.79 Å². The highest BCUT2D eigenvalue weighted by molar-refractivity contribution is 9.10. The lowest BCUT2D eigenvalue weighted by molar-refractivity contribution is -0.141. The van der Waals surface area contributed by atoms with E-state index in [1.807, 2.05) is 30.1 Å². The van der Waals surface area contributed by atoms with Crippen LogP contribution in [-0.4, -0.2) is 29.6 Å². The van der Waals surface area contributed by atoms with E-state index in [0.717, 1.165) is 10.0 Å². The minimum Gasteiger partial charge on any atom is -0.481 e. The van der Waals surface area contributed by atoms with Crippen LogP contribution in [0, 0.1) is 5.92 Å². The third kappa shape index (κ3) is 4.66. The molecule has 0 spiro atoms. The lowest BCUT2D eigenvalue weighted by Gasteiger charge is -2.19. The first-order valence-electron chi connectivity index (χ1n) is 5.25. The number of carboxylic acid groups (broad SMARTS) is 1. The van der Waals surface area contributed by atoms with E-state index in [4.69, 9.17) is 16.7 Å². The molecule has 1 aromatic carbocycles. The third-order valence-electron chi connectivity index (χ3n) is 2.46. The van der Waals surface area contributed by atoms with Crippen molar-refractivity contribution in [2.45, 2.75) is 13.5 Å². The smallest absolute Gasteiger partial charge is 0.307 e. The van der Waals surface area contributed by atoms with Crippen LogP contribution in [0.3, 0.4) is 0 Å². The first-order chi connectivity index (χ1) is 7.90. The number of aliphatic carboxylic acids is 1. The van der Waals surface area contributed by atoms with E-state index < -0.39 is 5.97 Å². The number of benzene rings is 1. The van der Waals surface area contributed by atoms with Crippen molar-refractivity contribution in [2.24, 2.45) is 5.92 Å². The summed E-state index contributed by atoms with van der Waals surface area (Å²) in [6, 6.07) is 5.70. The number of nitrogens with zero attached hydrogens (tertiary/aromatic N) is 1. The molecule has 0 aromatic heterocycles. The summed E-state index contributed by atoms with van der Waals surface area (Å²) in [4.78, 5) is 12.7. The van der Waals surface area contributed by atoms with Crippen molar-refractivity contribution in [1.29, 1.82) is 0 Å². The maximum absolute atomic E-state index is 10.7. The maximum atomic E-state index is 10.7. The summed E-state index contributed by atoms with van der Waals surface area (Å²) < 4.78 is 0.938. The van der Waals surface area contributed by atoms with Gasteiger partial charge in [0.1, 0.15) is 0 Å². The van der Waals surface area contributed by atoms with Gasteiger partial charge in [-0.2, -0.15) is 0 Å². The first-order valence-corrected chi connectivity index (χ1v) is 6.42. The molecule has 1 unspecified atom stereocenters. The van der Waals surface area contributed by atoms with Crippen LogP contribution in [0.5, 0.6) is 0 Å². The lowest BCUT2D eigenvalue weighted by Crippen LogP contribution is -2.28. The molecule has 0 aliphatic heterocycles. The van der Waals surface area contributed by atoms with Gasteiger partial charge in [0.2, 0.25) is 0 Å². The summed E-state index contributed by atoms with van der Waals surface area (Å²) >= 11 is 9.45. The van der Waals surface area contributed by atoms with E-state index in [-0.39, 0.29) is 5.92 Å². The summed E-state index contributed by atoms with van der Waals surface area (Å²) in [6.07, 6.45) is 0. The molecule has 0 fully saturated rings. The summed E-state index contributed by atoms with van der Waals surface area (Å²) in [5.41, 5.74) is 0.995. The molecule has 0 heterocycles. The fourth-order valence-corrected chi connectivity index (χ4v) is 2.28. The van der Waals surface area contributed by atoms with Gasteiger partial charge in [0.25, 0.3) is 0 Å². The van der Waals surface area contributed by atoms with Crippen LogP contribution in [0.1, 0.15) is 12.5 Å². The quantitative estimate of drug-likeness (QED) is 0.905. The molecule has 0 bridgehead atoms. The van der Waals surface area contributed by atoms with Crippen LogP contribution >= 0.6 is 27.5 Å². The Morgan fingerprint density at radius 2 is 2.24 bits per heavy atom. The van der Waals surface area contributed by atoms with Crippen LogP contribution in [0.2, 0.25) is 5.02 Å². The molecule has 1 N–H and O–H groups in total. The van der Waals surface area contributed by atoms with Gasteiger partial charge in [0.05, 0.1) is 5.92 Å². The van der Waals surface area contributed by atoms with E-state index in [1.54, 1.807) is 6.92 Å². The normalized spacial score (nSPS) is 12.8.